The van der Waals surface area contributed by atoms with Crippen LogP contribution < -0.4 is 0 Å². The van der Waals surface area contributed by atoms with Crippen molar-refractivity contribution in [2.24, 2.45) is 0 Å². The van der Waals surface area contributed by atoms with E-state index in [1.54, 1.807) is 12.1 Å². The minimum absolute atomic E-state index is 0.0163. The Morgan fingerprint density at radius 2 is 1.75 bits per heavy atom. The molecule has 86 valence electrons. The number of Topliss-reactive ketones (excluding diaryl/α,β-unsaturated/α-hetero) is 1. The molecule has 1 aromatic carbocycles. The molecule has 0 aliphatic heterocycles. The molecule has 16 heavy (non-hydrogen) atoms. The number of carbonyl (C=O) groups is 2. The van der Waals surface area contributed by atoms with Gasteiger partial charge in [0.25, 0.3) is 0 Å². The zero-order chi connectivity index (χ0) is 12.3. The molecular formula is C12H13ClO3. The van der Waals surface area contributed by atoms with E-state index < -0.39 is 5.97 Å². The maximum absolute atomic E-state index is 11.7. The quantitative estimate of drug-likeness (QED) is 0.823. The average molecular weight is 241 g/mol. The van der Waals surface area contributed by atoms with Crippen LogP contribution in [0.1, 0.15) is 34.3 Å². The number of carbonyl (C=O) groups excluding carboxylic acids is 1. The Labute approximate surface area is 99.0 Å². The van der Waals surface area contributed by atoms with E-state index in [0.717, 1.165) is 11.1 Å². The van der Waals surface area contributed by atoms with Gasteiger partial charge in [-0.3, -0.25) is 9.59 Å². The van der Waals surface area contributed by atoms with Gasteiger partial charge < -0.3 is 5.11 Å². The van der Waals surface area contributed by atoms with Crippen LogP contribution in [0.15, 0.2) is 12.1 Å². The fraction of sp³-hybridized carbons (Fsp3) is 0.333. The van der Waals surface area contributed by atoms with Crippen LogP contribution in [-0.4, -0.2) is 16.9 Å². The number of aliphatic carboxylic acids is 1. The van der Waals surface area contributed by atoms with Crippen molar-refractivity contribution in [3.8, 4) is 0 Å². The summed E-state index contributed by atoms with van der Waals surface area (Å²) in [6.07, 6.45) is -0.181. The number of halogens is 1. The van der Waals surface area contributed by atoms with Crippen LogP contribution in [0.25, 0.3) is 0 Å². The lowest BCUT2D eigenvalue weighted by Gasteiger charge is -2.06. The normalized spacial score (nSPS) is 10.2. The predicted octanol–water partition coefficient (Wildman–Crippen LogP) is 3.00. The van der Waals surface area contributed by atoms with Gasteiger partial charge in [0.15, 0.2) is 5.78 Å². The molecule has 0 unspecified atom stereocenters. The molecule has 4 heteroatoms. The second-order valence-electron chi connectivity index (χ2n) is 3.73. The van der Waals surface area contributed by atoms with E-state index in [4.69, 9.17) is 16.7 Å². The number of ketones is 1. The van der Waals surface area contributed by atoms with E-state index in [1.165, 1.54) is 0 Å². The van der Waals surface area contributed by atoms with Crippen molar-refractivity contribution in [2.45, 2.75) is 26.7 Å². The fourth-order valence-electron chi connectivity index (χ4n) is 1.35. The molecule has 0 aromatic heterocycles. The molecule has 0 aliphatic rings. The van der Waals surface area contributed by atoms with Gasteiger partial charge in [-0.1, -0.05) is 11.6 Å². The highest BCUT2D eigenvalue weighted by atomic mass is 35.5. The Morgan fingerprint density at radius 3 is 2.31 bits per heavy atom. The first-order valence-electron chi connectivity index (χ1n) is 4.93. The Kier molecular flexibility index (Phi) is 4.07. The second-order valence-corrected chi connectivity index (χ2v) is 4.14. The molecule has 3 nitrogen and oxygen atoms in total. The van der Waals surface area contributed by atoms with Gasteiger partial charge in [0.1, 0.15) is 0 Å². The number of hydrogen-bond donors (Lipinski definition) is 1. The number of benzene rings is 1. The Balaban J connectivity index is 2.91. The van der Waals surface area contributed by atoms with Gasteiger partial charge in [-0.05, 0) is 37.1 Å². The molecule has 0 saturated heterocycles. The van der Waals surface area contributed by atoms with Crippen molar-refractivity contribution in [1.82, 2.24) is 0 Å². The predicted molar refractivity (Wildman–Crippen MR) is 62.1 cm³/mol. The van der Waals surface area contributed by atoms with Gasteiger partial charge in [0.2, 0.25) is 0 Å². The van der Waals surface area contributed by atoms with Crippen molar-refractivity contribution < 1.29 is 14.7 Å². The lowest BCUT2D eigenvalue weighted by atomic mass is 10.0. The standard InChI is InChI=1S/C12H13ClO3/c1-7-5-9(10(13)6-8(7)2)11(14)3-4-12(15)16/h5-6H,3-4H2,1-2H3,(H,15,16). The van der Waals surface area contributed by atoms with Gasteiger partial charge >= 0.3 is 5.97 Å². The molecule has 0 fully saturated rings. The number of hydrogen-bond acceptors (Lipinski definition) is 2. The van der Waals surface area contributed by atoms with E-state index in [0.29, 0.717) is 10.6 Å². The van der Waals surface area contributed by atoms with E-state index >= 15 is 0 Å². The third kappa shape index (κ3) is 3.07. The van der Waals surface area contributed by atoms with Crippen molar-refractivity contribution in [1.29, 1.82) is 0 Å². The summed E-state index contributed by atoms with van der Waals surface area (Å²) < 4.78 is 0. The van der Waals surface area contributed by atoms with E-state index in [-0.39, 0.29) is 18.6 Å². The summed E-state index contributed by atoms with van der Waals surface area (Å²) in [5.41, 5.74) is 2.40. The maximum atomic E-state index is 11.7. The van der Waals surface area contributed by atoms with Crippen LogP contribution in [-0.2, 0) is 4.79 Å². The summed E-state index contributed by atoms with van der Waals surface area (Å²) in [7, 11) is 0. The Hall–Kier alpha value is -1.35. The molecule has 0 bridgehead atoms. The average Bonchev–Trinajstić information content (AvgIpc) is 2.20. The van der Waals surface area contributed by atoms with Gasteiger partial charge in [0, 0.05) is 12.0 Å². The monoisotopic (exact) mass is 240 g/mol. The van der Waals surface area contributed by atoms with Crippen LogP contribution in [0.4, 0.5) is 0 Å². The SMILES string of the molecule is Cc1cc(Cl)c(C(=O)CCC(=O)O)cc1C. The molecule has 0 amide bonds. The number of carboxylic acid groups (broad SMARTS) is 1. The smallest absolute Gasteiger partial charge is 0.303 e. The van der Waals surface area contributed by atoms with Crippen LogP contribution in [0.5, 0.6) is 0 Å². The molecule has 0 radical (unpaired) electrons. The van der Waals surface area contributed by atoms with Crippen molar-refractivity contribution >= 4 is 23.4 Å². The largest absolute Gasteiger partial charge is 0.481 e. The highest BCUT2D eigenvalue weighted by molar-refractivity contribution is 6.34. The molecule has 0 saturated carbocycles. The molecule has 0 aliphatic carbocycles. The molecule has 0 atom stereocenters. The van der Waals surface area contributed by atoms with Gasteiger partial charge in [-0.2, -0.15) is 0 Å². The minimum atomic E-state index is -0.978. The third-order valence-corrected chi connectivity index (χ3v) is 2.76. The molecule has 1 rings (SSSR count). The van der Waals surface area contributed by atoms with Crippen molar-refractivity contribution in [2.75, 3.05) is 0 Å². The lowest BCUT2D eigenvalue weighted by Crippen LogP contribution is -2.05. The van der Waals surface area contributed by atoms with E-state index in [9.17, 15) is 9.59 Å². The van der Waals surface area contributed by atoms with E-state index in [2.05, 4.69) is 0 Å². The second kappa shape index (κ2) is 5.12. The van der Waals surface area contributed by atoms with Gasteiger partial charge in [-0.15, -0.1) is 0 Å². The first-order valence-corrected chi connectivity index (χ1v) is 5.31. The zero-order valence-corrected chi connectivity index (χ0v) is 9.97. The lowest BCUT2D eigenvalue weighted by molar-refractivity contribution is -0.136. The molecule has 1 N–H and O–H groups in total. The first-order chi connectivity index (χ1) is 7.41. The number of carboxylic acids is 1. The number of aryl methyl sites for hydroxylation is 2. The third-order valence-electron chi connectivity index (χ3n) is 2.45. The fourth-order valence-corrected chi connectivity index (χ4v) is 1.67. The van der Waals surface area contributed by atoms with Crippen LogP contribution >= 0.6 is 11.6 Å². The highest BCUT2D eigenvalue weighted by Gasteiger charge is 2.13. The Bertz CT molecular complexity index is 438. The summed E-state index contributed by atoms with van der Waals surface area (Å²) in [5, 5.41) is 8.88. The van der Waals surface area contributed by atoms with Crippen LogP contribution in [0.2, 0.25) is 5.02 Å². The zero-order valence-electron chi connectivity index (χ0n) is 9.21. The summed E-state index contributed by atoms with van der Waals surface area (Å²) in [4.78, 5) is 22.0. The summed E-state index contributed by atoms with van der Waals surface area (Å²) in [5.74, 6) is -1.20. The Morgan fingerprint density at radius 1 is 1.19 bits per heavy atom. The molecule has 1 aromatic rings. The summed E-state index contributed by atoms with van der Waals surface area (Å²) >= 11 is 5.94. The number of rotatable bonds is 4. The highest BCUT2D eigenvalue weighted by Crippen LogP contribution is 2.22. The topological polar surface area (TPSA) is 54.4 Å². The van der Waals surface area contributed by atoms with Gasteiger partial charge in [-0.25, -0.2) is 0 Å². The summed E-state index contributed by atoms with van der Waals surface area (Å²) in [6.45, 7) is 3.80. The van der Waals surface area contributed by atoms with Crippen molar-refractivity contribution in [3.05, 3.63) is 33.8 Å². The molecular weight excluding hydrogens is 228 g/mol. The molecule has 0 spiro atoms. The van der Waals surface area contributed by atoms with Gasteiger partial charge in [0.05, 0.1) is 11.4 Å². The first kappa shape index (κ1) is 12.7. The summed E-state index contributed by atoms with van der Waals surface area (Å²) in [6, 6.07) is 3.44. The van der Waals surface area contributed by atoms with Crippen LogP contribution in [0.3, 0.4) is 0 Å². The minimum Gasteiger partial charge on any atom is -0.481 e. The van der Waals surface area contributed by atoms with Crippen LogP contribution in [0, 0.1) is 13.8 Å². The van der Waals surface area contributed by atoms with E-state index in [1.807, 2.05) is 13.8 Å². The molecule has 0 heterocycles. The van der Waals surface area contributed by atoms with Crippen molar-refractivity contribution in [3.63, 3.8) is 0 Å². The maximum Gasteiger partial charge on any atom is 0.303 e.